The first-order valence-electron chi connectivity index (χ1n) is 5.97. The van der Waals surface area contributed by atoms with Gasteiger partial charge < -0.3 is 10.6 Å². The quantitative estimate of drug-likeness (QED) is 0.749. The number of nitrogens with zero attached hydrogens (tertiary/aromatic N) is 3. The Morgan fingerprint density at radius 2 is 2.00 bits per heavy atom. The van der Waals surface area contributed by atoms with Crippen LogP contribution in [0.5, 0.6) is 0 Å². The van der Waals surface area contributed by atoms with Gasteiger partial charge in [0.25, 0.3) is 0 Å². The van der Waals surface area contributed by atoms with E-state index in [-0.39, 0.29) is 0 Å². The van der Waals surface area contributed by atoms with Crippen molar-refractivity contribution in [3.05, 3.63) is 48.9 Å². The van der Waals surface area contributed by atoms with Gasteiger partial charge >= 0.3 is 0 Å². The van der Waals surface area contributed by atoms with E-state index in [4.69, 9.17) is 0 Å². The van der Waals surface area contributed by atoms with Gasteiger partial charge in [0.15, 0.2) is 0 Å². The van der Waals surface area contributed by atoms with Gasteiger partial charge in [-0.15, -0.1) is 0 Å². The van der Waals surface area contributed by atoms with Crippen LogP contribution in [0, 0.1) is 0 Å². The molecule has 0 saturated carbocycles. The van der Waals surface area contributed by atoms with Gasteiger partial charge in [0.1, 0.15) is 5.82 Å². The van der Waals surface area contributed by atoms with Crippen molar-refractivity contribution in [2.45, 2.75) is 0 Å². The van der Waals surface area contributed by atoms with E-state index < -0.39 is 0 Å². The Hall–Kier alpha value is -2.69. The van der Waals surface area contributed by atoms with Crippen molar-refractivity contribution in [2.75, 3.05) is 17.7 Å². The molecule has 0 aliphatic rings. The average Bonchev–Trinajstić information content (AvgIpc) is 2.48. The number of hydrogen-bond donors (Lipinski definition) is 2. The number of aromatic nitrogens is 3. The molecular formula is C14H13N5. The lowest BCUT2D eigenvalue weighted by Crippen LogP contribution is -2.00. The topological polar surface area (TPSA) is 62.7 Å². The first-order valence-corrected chi connectivity index (χ1v) is 5.97. The Morgan fingerprint density at radius 1 is 1.05 bits per heavy atom. The smallest absolute Gasteiger partial charge is 0.224 e. The van der Waals surface area contributed by atoms with E-state index in [1.54, 1.807) is 19.4 Å². The molecular weight excluding hydrogens is 238 g/mol. The zero-order chi connectivity index (χ0) is 13.1. The molecule has 1 aromatic carbocycles. The summed E-state index contributed by atoms with van der Waals surface area (Å²) < 4.78 is 0. The van der Waals surface area contributed by atoms with Crippen LogP contribution in [-0.2, 0) is 0 Å². The molecule has 0 radical (unpaired) electrons. The van der Waals surface area contributed by atoms with E-state index >= 15 is 0 Å². The number of hydrogen-bond acceptors (Lipinski definition) is 5. The SMILES string of the molecule is CNc1nccc(Nc2cccc3cnccc23)n1. The molecule has 0 aliphatic carbocycles. The van der Waals surface area contributed by atoms with Crippen molar-refractivity contribution in [3.63, 3.8) is 0 Å². The summed E-state index contributed by atoms with van der Waals surface area (Å²) in [6.07, 6.45) is 5.35. The van der Waals surface area contributed by atoms with Crippen LogP contribution in [0.25, 0.3) is 10.8 Å². The second-order valence-corrected chi connectivity index (χ2v) is 4.04. The molecule has 2 N–H and O–H groups in total. The Bertz CT molecular complexity index is 706. The molecule has 3 rings (SSSR count). The highest BCUT2D eigenvalue weighted by Gasteiger charge is 2.02. The molecule has 0 bridgehead atoms. The second kappa shape index (κ2) is 4.89. The summed E-state index contributed by atoms with van der Waals surface area (Å²) in [4.78, 5) is 12.6. The van der Waals surface area contributed by atoms with Gasteiger partial charge in [-0.3, -0.25) is 4.98 Å². The maximum atomic E-state index is 4.34. The Kier molecular flexibility index (Phi) is 2.94. The van der Waals surface area contributed by atoms with Crippen LogP contribution in [-0.4, -0.2) is 22.0 Å². The first-order chi connectivity index (χ1) is 9.36. The van der Waals surface area contributed by atoms with Gasteiger partial charge in [-0.2, -0.15) is 4.98 Å². The number of anilines is 3. The van der Waals surface area contributed by atoms with Crippen LogP contribution in [0.3, 0.4) is 0 Å². The molecule has 0 atom stereocenters. The summed E-state index contributed by atoms with van der Waals surface area (Å²) in [5.74, 6) is 1.34. The van der Waals surface area contributed by atoms with E-state index in [2.05, 4.69) is 25.6 Å². The highest BCUT2D eigenvalue weighted by molar-refractivity contribution is 5.94. The van der Waals surface area contributed by atoms with Crippen LogP contribution in [0.2, 0.25) is 0 Å². The highest BCUT2D eigenvalue weighted by Crippen LogP contribution is 2.24. The van der Waals surface area contributed by atoms with Gasteiger partial charge in [0.05, 0.1) is 0 Å². The van der Waals surface area contributed by atoms with E-state index in [0.717, 1.165) is 22.3 Å². The lowest BCUT2D eigenvalue weighted by molar-refractivity contribution is 1.15. The van der Waals surface area contributed by atoms with Crippen molar-refractivity contribution in [1.29, 1.82) is 0 Å². The molecule has 0 fully saturated rings. The van der Waals surface area contributed by atoms with Crippen LogP contribution in [0.4, 0.5) is 17.5 Å². The summed E-state index contributed by atoms with van der Waals surface area (Å²) in [6.45, 7) is 0. The van der Waals surface area contributed by atoms with Crippen molar-refractivity contribution in [3.8, 4) is 0 Å². The van der Waals surface area contributed by atoms with Gasteiger partial charge in [-0.05, 0) is 18.2 Å². The zero-order valence-electron chi connectivity index (χ0n) is 10.5. The molecule has 0 saturated heterocycles. The Morgan fingerprint density at radius 3 is 2.89 bits per heavy atom. The number of rotatable bonds is 3. The molecule has 19 heavy (non-hydrogen) atoms. The summed E-state index contributed by atoms with van der Waals surface area (Å²) in [5, 5.41) is 8.43. The van der Waals surface area contributed by atoms with Crippen molar-refractivity contribution in [1.82, 2.24) is 15.0 Å². The summed E-state index contributed by atoms with van der Waals surface area (Å²) >= 11 is 0. The molecule has 5 nitrogen and oxygen atoms in total. The maximum absolute atomic E-state index is 4.34. The van der Waals surface area contributed by atoms with Crippen LogP contribution >= 0.6 is 0 Å². The lowest BCUT2D eigenvalue weighted by Gasteiger charge is -2.09. The van der Waals surface area contributed by atoms with Gasteiger partial charge in [0, 0.05) is 42.1 Å². The van der Waals surface area contributed by atoms with Crippen molar-refractivity contribution < 1.29 is 0 Å². The van der Waals surface area contributed by atoms with E-state index in [1.165, 1.54) is 0 Å². The van der Waals surface area contributed by atoms with E-state index in [0.29, 0.717) is 5.95 Å². The minimum absolute atomic E-state index is 0.590. The largest absolute Gasteiger partial charge is 0.357 e. The van der Waals surface area contributed by atoms with Crippen LogP contribution in [0.1, 0.15) is 0 Å². The van der Waals surface area contributed by atoms with E-state index in [1.807, 2.05) is 36.5 Å². The minimum atomic E-state index is 0.590. The monoisotopic (exact) mass is 251 g/mol. The molecule has 5 heteroatoms. The summed E-state index contributed by atoms with van der Waals surface area (Å²) in [6, 6.07) is 9.86. The third kappa shape index (κ3) is 2.30. The van der Waals surface area contributed by atoms with Crippen molar-refractivity contribution in [2.24, 2.45) is 0 Å². The number of benzene rings is 1. The van der Waals surface area contributed by atoms with Crippen LogP contribution in [0.15, 0.2) is 48.9 Å². The van der Waals surface area contributed by atoms with Gasteiger partial charge in [0.2, 0.25) is 5.95 Å². The van der Waals surface area contributed by atoms with Gasteiger partial charge in [-0.1, -0.05) is 12.1 Å². The zero-order valence-corrected chi connectivity index (χ0v) is 10.5. The molecule has 0 amide bonds. The fourth-order valence-electron chi connectivity index (χ4n) is 1.92. The Labute approximate surface area is 110 Å². The number of fused-ring (bicyclic) bond motifs is 1. The molecule has 2 heterocycles. The lowest BCUT2D eigenvalue weighted by atomic mass is 10.1. The Balaban J connectivity index is 2.01. The fourth-order valence-corrected chi connectivity index (χ4v) is 1.92. The minimum Gasteiger partial charge on any atom is -0.357 e. The van der Waals surface area contributed by atoms with E-state index in [9.17, 15) is 0 Å². The average molecular weight is 251 g/mol. The number of nitrogens with one attached hydrogen (secondary N) is 2. The maximum Gasteiger partial charge on any atom is 0.224 e. The summed E-state index contributed by atoms with van der Waals surface area (Å²) in [5.41, 5.74) is 1.00. The number of pyridine rings is 1. The highest BCUT2D eigenvalue weighted by atomic mass is 15.1. The van der Waals surface area contributed by atoms with Crippen LogP contribution < -0.4 is 10.6 Å². The molecule has 0 aliphatic heterocycles. The molecule has 2 aromatic heterocycles. The molecule has 3 aromatic rings. The fraction of sp³-hybridized carbons (Fsp3) is 0.0714. The molecule has 0 spiro atoms. The van der Waals surface area contributed by atoms with Crippen molar-refractivity contribution >= 4 is 28.2 Å². The second-order valence-electron chi connectivity index (χ2n) is 4.04. The predicted octanol–water partition coefficient (Wildman–Crippen LogP) is 2.81. The molecule has 0 unspecified atom stereocenters. The summed E-state index contributed by atoms with van der Waals surface area (Å²) in [7, 11) is 1.79. The predicted molar refractivity (Wildman–Crippen MR) is 76.6 cm³/mol. The normalized spacial score (nSPS) is 10.4. The molecule has 94 valence electrons. The third-order valence-electron chi connectivity index (χ3n) is 2.82. The first kappa shape index (κ1) is 11.4. The van der Waals surface area contributed by atoms with Gasteiger partial charge in [-0.25, -0.2) is 4.98 Å². The third-order valence-corrected chi connectivity index (χ3v) is 2.82. The standard InChI is InChI=1S/C14H13N5/c1-15-14-17-8-6-13(19-14)18-12-4-2-3-10-9-16-7-5-11(10)12/h2-9H,1H3,(H2,15,17,18,19).